The van der Waals surface area contributed by atoms with Gasteiger partial charge in [-0.2, -0.15) is 0 Å². The number of benzene rings is 2. The van der Waals surface area contributed by atoms with Crippen LogP contribution in [-0.2, 0) is 9.84 Å². The minimum atomic E-state index is -3.36. The van der Waals surface area contributed by atoms with Gasteiger partial charge in [-0.3, -0.25) is 0 Å². The Morgan fingerprint density at radius 3 is 2.28 bits per heavy atom. The van der Waals surface area contributed by atoms with Crippen LogP contribution in [0.1, 0.15) is 6.92 Å². The van der Waals surface area contributed by atoms with Crippen LogP contribution in [0.4, 0.5) is 4.39 Å². The van der Waals surface area contributed by atoms with Crippen LogP contribution in [0.3, 0.4) is 0 Å². The number of hydrogen-bond donors (Lipinski definition) is 0. The van der Waals surface area contributed by atoms with Gasteiger partial charge < -0.3 is 0 Å². The topological polar surface area (TPSA) is 34.1 Å². The number of halogens is 1. The Balaban J connectivity index is 2.50. The molecule has 0 saturated carbocycles. The molecule has 0 heterocycles. The lowest BCUT2D eigenvalue weighted by atomic mass is 10.1. The van der Waals surface area contributed by atoms with Gasteiger partial charge in [-0.05, 0) is 17.7 Å². The van der Waals surface area contributed by atoms with Crippen LogP contribution in [0, 0.1) is 5.82 Å². The molecule has 0 fully saturated rings. The van der Waals surface area contributed by atoms with E-state index in [9.17, 15) is 12.8 Å². The van der Waals surface area contributed by atoms with Gasteiger partial charge in [0.25, 0.3) is 0 Å². The molecule has 0 aliphatic rings. The van der Waals surface area contributed by atoms with Crippen molar-refractivity contribution in [2.75, 3.05) is 5.75 Å². The molecule has 2 nitrogen and oxygen atoms in total. The van der Waals surface area contributed by atoms with Crippen molar-refractivity contribution in [3.63, 3.8) is 0 Å². The molecular formula is C14H13FO2S. The summed E-state index contributed by atoms with van der Waals surface area (Å²) >= 11 is 0. The van der Waals surface area contributed by atoms with Crippen LogP contribution in [0.15, 0.2) is 53.4 Å². The molecule has 2 rings (SSSR count). The largest absolute Gasteiger partial charge is 0.224 e. The smallest absolute Gasteiger partial charge is 0.178 e. The van der Waals surface area contributed by atoms with E-state index >= 15 is 0 Å². The molecule has 4 heteroatoms. The zero-order valence-corrected chi connectivity index (χ0v) is 10.7. The molecule has 0 N–H and O–H groups in total. The maximum atomic E-state index is 13.9. The first kappa shape index (κ1) is 12.8. The van der Waals surface area contributed by atoms with Crippen molar-refractivity contribution in [3.05, 3.63) is 54.3 Å². The van der Waals surface area contributed by atoms with Gasteiger partial charge in [-0.15, -0.1) is 0 Å². The highest BCUT2D eigenvalue weighted by atomic mass is 32.2. The average molecular weight is 264 g/mol. The normalized spacial score (nSPS) is 11.4. The van der Waals surface area contributed by atoms with E-state index in [4.69, 9.17) is 0 Å². The van der Waals surface area contributed by atoms with E-state index in [1.807, 2.05) is 18.2 Å². The first-order valence-electron chi connectivity index (χ1n) is 5.62. The van der Waals surface area contributed by atoms with E-state index in [0.717, 1.165) is 11.6 Å². The van der Waals surface area contributed by atoms with E-state index in [1.54, 1.807) is 19.1 Å². The summed E-state index contributed by atoms with van der Waals surface area (Å²) in [5.41, 5.74) is 1.14. The Bertz CT molecular complexity index is 649. The van der Waals surface area contributed by atoms with Gasteiger partial charge in [0.2, 0.25) is 0 Å². The minimum Gasteiger partial charge on any atom is -0.224 e. The van der Waals surface area contributed by atoms with Crippen LogP contribution in [0.5, 0.6) is 0 Å². The third kappa shape index (κ3) is 2.43. The molecule has 0 aliphatic carbocycles. The molecule has 0 radical (unpaired) electrons. The average Bonchev–Trinajstić information content (AvgIpc) is 2.39. The molecule has 2 aromatic carbocycles. The standard InChI is InChI=1S/C14H13FO2S/c1-2-18(16,17)12-8-9-13(14(15)10-12)11-6-4-3-5-7-11/h3-10H,2H2,1H3. The summed E-state index contributed by atoms with van der Waals surface area (Å²) in [5.74, 6) is -0.548. The van der Waals surface area contributed by atoms with Gasteiger partial charge in [0.1, 0.15) is 5.82 Å². The van der Waals surface area contributed by atoms with Crippen molar-refractivity contribution in [3.8, 4) is 11.1 Å². The van der Waals surface area contributed by atoms with Crippen LogP contribution in [0.2, 0.25) is 0 Å². The summed E-state index contributed by atoms with van der Waals surface area (Å²) in [6.07, 6.45) is 0. The predicted octanol–water partition coefficient (Wildman–Crippen LogP) is 3.29. The third-order valence-corrected chi connectivity index (χ3v) is 4.50. The zero-order chi connectivity index (χ0) is 13.2. The SMILES string of the molecule is CCS(=O)(=O)c1ccc(-c2ccccc2)c(F)c1. The fraction of sp³-hybridized carbons (Fsp3) is 0.143. The van der Waals surface area contributed by atoms with Crippen LogP contribution in [0.25, 0.3) is 11.1 Å². The summed E-state index contributed by atoms with van der Waals surface area (Å²) in [4.78, 5) is 0.0298. The summed E-state index contributed by atoms with van der Waals surface area (Å²) in [5, 5.41) is 0. The van der Waals surface area contributed by atoms with Crippen molar-refractivity contribution in [1.29, 1.82) is 0 Å². The fourth-order valence-electron chi connectivity index (χ4n) is 1.71. The second-order valence-electron chi connectivity index (χ2n) is 3.91. The maximum absolute atomic E-state index is 13.9. The molecule has 0 atom stereocenters. The maximum Gasteiger partial charge on any atom is 0.178 e. The molecule has 0 aliphatic heterocycles. The second kappa shape index (κ2) is 4.90. The van der Waals surface area contributed by atoms with E-state index < -0.39 is 15.7 Å². The highest BCUT2D eigenvalue weighted by Gasteiger charge is 2.14. The summed E-state index contributed by atoms with van der Waals surface area (Å²) in [6.45, 7) is 1.54. The first-order chi connectivity index (χ1) is 8.54. The molecule has 2 aromatic rings. The van der Waals surface area contributed by atoms with Gasteiger partial charge in [-0.25, -0.2) is 12.8 Å². The Hall–Kier alpha value is -1.68. The molecule has 0 amide bonds. The van der Waals surface area contributed by atoms with E-state index in [-0.39, 0.29) is 10.6 Å². The Labute approximate surface area is 106 Å². The third-order valence-electron chi connectivity index (χ3n) is 2.76. The van der Waals surface area contributed by atoms with E-state index in [1.165, 1.54) is 12.1 Å². The van der Waals surface area contributed by atoms with Gasteiger partial charge in [0.05, 0.1) is 10.6 Å². The summed E-state index contributed by atoms with van der Waals surface area (Å²) < 4.78 is 37.2. The van der Waals surface area contributed by atoms with E-state index in [2.05, 4.69) is 0 Å². The van der Waals surface area contributed by atoms with Gasteiger partial charge in [0, 0.05) is 5.56 Å². The van der Waals surface area contributed by atoms with Crippen LogP contribution < -0.4 is 0 Å². The Morgan fingerprint density at radius 1 is 1.06 bits per heavy atom. The highest BCUT2D eigenvalue weighted by Crippen LogP contribution is 2.25. The van der Waals surface area contributed by atoms with Crippen molar-refractivity contribution in [2.45, 2.75) is 11.8 Å². The monoisotopic (exact) mass is 264 g/mol. The van der Waals surface area contributed by atoms with Gasteiger partial charge in [-0.1, -0.05) is 43.3 Å². The van der Waals surface area contributed by atoms with E-state index in [0.29, 0.717) is 5.56 Å². The highest BCUT2D eigenvalue weighted by molar-refractivity contribution is 7.91. The van der Waals surface area contributed by atoms with Crippen molar-refractivity contribution in [2.24, 2.45) is 0 Å². The molecule has 0 aromatic heterocycles. The second-order valence-corrected chi connectivity index (χ2v) is 6.19. The first-order valence-corrected chi connectivity index (χ1v) is 7.27. The fourth-order valence-corrected chi connectivity index (χ4v) is 2.60. The Morgan fingerprint density at radius 2 is 1.72 bits per heavy atom. The zero-order valence-electron chi connectivity index (χ0n) is 9.93. The quantitative estimate of drug-likeness (QED) is 0.852. The molecule has 94 valence electrons. The molecule has 18 heavy (non-hydrogen) atoms. The van der Waals surface area contributed by atoms with Gasteiger partial charge >= 0.3 is 0 Å². The molecule has 0 saturated heterocycles. The number of rotatable bonds is 3. The lowest BCUT2D eigenvalue weighted by molar-refractivity contribution is 0.592. The summed E-state index contributed by atoms with van der Waals surface area (Å²) in [7, 11) is -3.36. The molecule has 0 unspecified atom stereocenters. The lowest BCUT2D eigenvalue weighted by Crippen LogP contribution is -2.04. The van der Waals surface area contributed by atoms with Crippen molar-refractivity contribution >= 4 is 9.84 Å². The summed E-state index contributed by atoms with van der Waals surface area (Å²) in [6, 6.07) is 13.1. The Kier molecular flexibility index (Phi) is 3.48. The van der Waals surface area contributed by atoms with Crippen molar-refractivity contribution in [1.82, 2.24) is 0 Å². The molecular weight excluding hydrogens is 251 g/mol. The molecule has 0 bridgehead atoms. The predicted molar refractivity (Wildman–Crippen MR) is 69.6 cm³/mol. The number of hydrogen-bond acceptors (Lipinski definition) is 2. The van der Waals surface area contributed by atoms with Crippen LogP contribution >= 0.6 is 0 Å². The van der Waals surface area contributed by atoms with Gasteiger partial charge in [0.15, 0.2) is 9.84 Å². The molecule has 0 spiro atoms. The van der Waals surface area contributed by atoms with Crippen LogP contribution in [-0.4, -0.2) is 14.2 Å². The minimum absolute atomic E-state index is 0.0298. The van der Waals surface area contributed by atoms with Crippen molar-refractivity contribution < 1.29 is 12.8 Å². The number of sulfone groups is 1. The lowest BCUT2D eigenvalue weighted by Gasteiger charge is -2.06.